The van der Waals surface area contributed by atoms with Crippen molar-refractivity contribution in [3.05, 3.63) is 59.5 Å². The van der Waals surface area contributed by atoms with Crippen LogP contribution in [-0.4, -0.2) is 65.7 Å². The first kappa shape index (κ1) is 26.9. The minimum Gasteiger partial charge on any atom is -0.481 e. The largest absolute Gasteiger partial charge is 0.481 e. The third kappa shape index (κ3) is 4.21. The van der Waals surface area contributed by atoms with Crippen LogP contribution in [0.15, 0.2) is 42.6 Å². The van der Waals surface area contributed by atoms with E-state index in [1.54, 1.807) is 38.2 Å². The molecule has 0 spiro atoms. The molecule has 214 valence electrons. The normalized spacial score (nSPS) is 19.8. The molecule has 2 N–H and O–H groups in total. The molecule has 13 heteroatoms. The molecule has 0 saturated carbocycles. The summed E-state index contributed by atoms with van der Waals surface area (Å²) in [7, 11) is 2.98. The monoisotopic (exact) mass is 573 g/mol. The van der Waals surface area contributed by atoms with Crippen LogP contribution < -0.4 is 25.0 Å². The summed E-state index contributed by atoms with van der Waals surface area (Å²) in [5.41, 5.74) is 1.37. The van der Waals surface area contributed by atoms with E-state index in [4.69, 9.17) is 9.47 Å². The highest BCUT2D eigenvalue weighted by atomic mass is 19.1. The molecule has 2 aromatic carbocycles. The summed E-state index contributed by atoms with van der Waals surface area (Å²) < 4.78 is 26.2. The van der Waals surface area contributed by atoms with E-state index in [0.717, 1.165) is 11.1 Å². The first-order valence-corrected chi connectivity index (χ1v) is 13.0. The summed E-state index contributed by atoms with van der Waals surface area (Å²) in [5.74, 6) is -3.07. The zero-order valence-corrected chi connectivity index (χ0v) is 22.7. The molecular formula is C29H24FN5O7. The third-order valence-corrected chi connectivity index (χ3v) is 7.51. The number of hydrogen-bond donors (Lipinski definition) is 2. The third-order valence-electron chi connectivity index (χ3n) is 7.51. The molecular weight excluding hydrogens is 549 g/mol. The summed E-state index contributed by atoms with van der Waals surface area (Å²) in [6.07, 6.45) is 0.235. The second-order valence-electron chi connectivity index (χ2n) is 10.0. The fraction of sp³-hybridized carbons (Fsp3) is 0.241. The minimum atomic E-state index is -1.14. The number of imide groups is 2. The number of carbonyl (C=O) groups excluding carboxylic acids is 5. The van der Waals surface area contributed by atoms with Gasteiger partial charge in [-0.15, -0.1) is 0 Å². The number of carbonyl (C=O) groups is 5. The highest BCUT2D eigenvalue weighted by molar-refractivity contribution is 6.25. The van der Waals surface area contributed by atoms with Crippen molar-refractivity contribution in [2.24, 2.45) is 0 Å². The van der Waals surface area contributed by atoms with Crippen molar-refractivity contribution in [1.29, 1.82) is 0 Å². The van der Waals surface area contributed by atoms with Gasteiger partial charge in [0.1, 0.15) is 17.6 Å². The standard InChI is InChI=1S/C29H24FN5O7/c1-13-27(38)34(2)21-11-19(16(9-22(21)42-13)15-10-24(41-3)31-12-17(15)30)32-18-6-4-5-14-25(18)29(40)35(28(14)39)20-7-8-23(36)33-26(20)37/h4-6,9-13,20,32H,7-8H2,1-3H3,(H,33,36,37)/t13-,20-/m0/s1. The second-order valence-corrected chi connectivity index (χ2v) is 10.0. The van der Waals surface area contributed by atoms with Gasteiger partial charge in [-0.2, -0.15) is 0 Å². The van der Waals surface area contributed by atoms with Gasteiger partial charge >= 0.3 is 0 Å². The van der Waals surface area contributed by atoms with E-state index in [1.165, 1.54) is 24.1 Å². The Labute approximate surface area is 238 Å². The van der Waals surface area contributed by atoms with Gasteiger partial charge in [0.25, 0.3) is 17.7 Å². The van der Waals surface area contributed by atoms with Crippen molar-refractivity contribution in [2.45, 2.75) is 31.9 Å². The summed E-state index contributed by atoms with van der Waals surface area (Å²) in [4.78, 5) is 70.0. The van der Waals surface area contributed by atoms with Crippen LogP contribution in [-0.2, 0) is 14.4 Å². The molecule has 3 aromatic rings. The second kappa shape index (κ2) is 9.94. The Bertz CT molecular complexity index is 1720. The minimum absolute atomic E-state index is 0.00973. The lowest BCUT2D eigenvalue weighted by Gasteiger charge is -2.31. The number of ether oxygens (including phenoxy) is 2. The van der Waals surface area contributed by atoms with Crippen molar-refractivity contribution in [3.63, 3.8) is 0 Å². The van der Waals surface area contributed by atoms with E-state index in [1.807, 2.05) is 0 Å². The fourth-order valence-electron chi connectivity index (χ4n) is 5.39. The van der Waals surface area contributed by atoms with Gasteiger partial charge in [0.2, 0.25) is 17.7 Å². The molecule has 12 nitrogen and oxygen atoms in total. The molecule has 0 aliphatic carbocycles. The number of amides is 5. The van der Waals surface area contributed by atoms with Crippen LogP contribution in [0.3, 0.4) is 0 Å². The number of nitrogens with zero attached hydrogens (tertiary/aromatic N) is 3. The number of piperidine rings is 1. The van der Waals surface area contributed by atoms with Gasteiger partial charge in [0.15, 0.2) is 6.10 Å². The number of nitrogens with one attached hydrogen (secondary N) is 2. The molecule has 5 amide bonds. The average molecular weight is 574 g/mol. The molecule has 1 saturated heterocycles. The highest BCUT2D eigenvalue weighted by Crippen LogP contribution is 2.44. The van der Waals surface area contributed by atoms with Crippen LogP contribution in [0.25, 0.3) is 11.1 Å². The predicted octanol–water partition coefficient (Wildman–Crippen LogP) is 2.78. The van der Waals surface area contributed by atoms with Crippen LogP contribution in [0.1, 0.15) is 40.5 Å². The number of likely N-dealkylation sites (N-methyl/N-ethyl adjacent to an activating group) is 1. The molecule has 0 bridgehead atoms. The molecule has 1 aromatic heterocycles. The predicted molar refractivity (Wildman–Crippen MR) is 146 cm³/mol. The zero-order chi connectivity index (χ0) is 29.9. The van der Waals surface area contributed by atoms with Crippen molar-refractivity contribution in [3.8, 4) is 22.8 Å². The molecule has 0 radical (unpaired) electrons. The van der Waals surface area contributed by atoms with Crippen molar-refractivity contribution in [2.75, 3.05) is 24.4 Å². The van der Waals surface area contributed by atoms with Gasteiger partial charge in [-0.3, -0.25) is 34.2 Å². The van der Waals surface area contributed by atoms with Gasteiger partial charge in [-0.1, -0.05) is 6.07 Å². The fourth-order valence-corrected chi connectivity index (χ4v) is 5.39. The van der Waals surface area contributed by atoms with E-state index >= 15 is 4.39 Å². The maximum atomic E-state index is 15.2. The van der Waals surface area contributed by atoms with E-state index in [9.17, 15) is 24.0 Å². The number of benzene rings is 2. The van der Waals surface area contributed by atoms with E-state index < -0.39 is 41.6 Å². The lowest BCUT2D eigenvalue weighted by molar-refractivity contribution is -0.136. The van der Waals surface area contributed by atoms with Crippen LogP contribution in [0.5, 0.6) is 11.6 Å². The van der Waals surface area contributed by atoms with Gasteiger partial charge in [-0.25, -0.2) is 9.37 Å². The Kier molecular flexibility index (Phi) is 6.36. The van der Waals surface area contributed by atoms with E-state index in [2.05, 4.69) is 15.6 Å². The Morgan fingerprint density at radius 1 is 1.05 bits per heavy atom. The maximum absolute atomic E-state index is 15.2. The Morgan fingerprint density at radius 3 is 2.57 bits per heavy atom. The first-order valence-electron chi connectivity index (χ1n) is 13.0. The Hall–Kier alpha value is -5.33. The molecule has 1 fully saturated rings. The number of hydrogen-bond acceptors (Lipinski definition) is 9. The van der Waals surface area contributed by atoms with Crippen molar-refractivity contribution < 1.29 is 37.8 Å². The van der Waals surface area contributed by atoms with Gasteiger partial charge < -0.3 is 19.7 Å². The Morgan fingerprint density at radius 2 is 1.83 bits per heavy atom. The molecule has 42 heavy (non-hydrogen) atoms. The first-order chi connectivity index (χ1) is 20.1. The number of pyridine rings is 1. The van der Waals surface area contributed by atoms with Crippen LogP contribution in [0, 0.1) is 5.82 Å². The van der Waals surface area contributed by atoms with Crippen LogP contribution >= 0.6 is 0 Å². The van der Waals surface area contributed by atoms with E-state index in [-0.39, 0.29) is 52.7 Å². The van der Waals surface area contributed by atoms with Gasteiger partial charge in [0.05, 0.1) is 35.8 Å². The van der Waals surface area contributed by atoms with Crippen LogP contribution in [0.4, 0.5) is 21.5 Å². The topological polar surface area (TPSA) is 147 Å². The van der Waals surface area contributed by atoms with Gasteiger partial charge in [0, 0.05) is 36.3 Å². The smallest absolute Gasteiger partial charge is 0.267 e. The molecule has 0 unspecified atom stereocenters. The lowest BCUT2D eigenvalue weighted by atomic mass is 10.00. The van der Waals surface area contributed by atoms with Crippen molar-refractivity contribution in [1.82, 2.24) is 15.2 Å². The molecule has 4 heterocycles. The summed E-state index contributed by atoms with van der Waals surface area (Å²) >= 11 is 0. The number of methoxy groups -OCH3 is 1. The highest BCUT2D eigenvalue weighted by Gasteiger charge is 2.45. The molecule has 2 atom stereocenters. The molecule has 3 aliphatic heterocycles. The lowest BCUT2D eigenvalue weighted by Crippen LogP contribution is -2.54. The van der Waals surface area contributed by atoms with Gasteiger partial charge in [-0.05, 0) is 37.6 Å². The van der Waals surface area contributed by atoms with E-state index in [0.29, 0.717) is 17.0 Å². The summed E-state index contributed by atoms with van der Waals surface area (Å²) in [6, 6.07) is 8.01. The maximum Gasteiger partial charge on any atom is 0.267 e. The quantitative estimate of drug-likeness (QED) is 0.440. The number of anilines is 3. The zero-order valence-electron chi connectivity index (χ0n) is 22.7. The van der Waals surface area contributed by atoms with Crippen molar-refractivity contribution >= 4 is 46.6 Å². The number of aromatic nitrogens is 1. The van der Waals surface area contributed by atoms with Crippen LogP contribution in [0.2, 0.25) is 0 Å². The molecule has 6 rings (SSSR count). The molecule has 3 aliphatic rings. The summed E-state index contributed by atoms with van der Waals surface area (Å²) in [6.45, 7) is 1.60. The SMILES string of the molecule is COc1cc(-c2cc3c(cc2Nc2cccc4c2C(=O)N([C@H]2CCC(=O)NC2=O)C4=O)N(C)C(=O)[C@H](C)O3)c(F)cn1. The summed E-state index contributed by atoms with van der Waals surface area (Å²) in [5, 5.41) is 5.32. The Balaban J connectivity index is 1.47. The number of fused-ring (bicyclic) bond motifs is 2. The number of rotatable bonds is 5. The number of halogens is 1. The average Bonchev–Trinajstić information content (AvgIpc) is 3.22.